The Labute approximate surface area is 145 Å². The number of aromatic nitrogens is 2. The van der Waals surface area contributed by atoms with Crippen LogP contribution >= 0.6 is 0 Å². The van der Waals surface area contributed by atoms with E-state index in [0.717, 1.165) is 0 Å². The van der Waals surface area contributed by atoms with Crippen molar-refractivity contribution < 1.29 is 9.59 Å². The fourth-order valence-electron chi connectivity index (χ4n) is 2.47. The summed E-state index contributed by atoms with van der Waals surface area (Å²) in [6.07, 6.45) is 1.72. The Hall–Kier alpha value is -3.15. The summed E-state index contributed by atoms with van der Waals surface area (Å²) in [4.78, 5) is 29.5. The number of imidazole rings is 1. The lowest BCUT2D eigenvalue weighted by Crippen LogP contribution is -2.40. The Bertz CT molecular complexity index is 923. The third-order valence-corrected chi connectivity index (χ3v) is 3.49. The second-order valence-corrected chi connectivity index (χ2v) is 6.76. The summed E-state index contributed by atoms with van der Waals surface area (Å²) >= 11 is 0. The maximum Gasteiger partial charge on any atom is 0.292 e. The monoisotopic (exact) mass is 336 g/mol. The predicted molar refractivity (Wildman–Crippen MR) is 96.8 cm³/mol. The van der Waals surface area contributed by atoms with Crippen molar-refractivity contribution in [1.29, 1.82) is 0 Å². The van der Waals surface area contributed by atoms with Crippen molar-refractivity contribution in [2.75, 3.05) is 5.32 Å². The smallest absolute Gasteiger partial charge is 0.292 e. The van der Waals surface area contributed by atoms with E-state index < -0.39 is 5.54 Å². The Kier molecular flexibility index (Phi) is 4.27. The van der Waals surface area contributed by atoms with Crippen LogP contribution in [0.25, 0.3) is 5.52 Å². The van der Waals surface area contributed by atoms with Crippen molar-refractivity contribution in [3.05, 3.63) is 66.2 Å². The van der Waals surface area contributed by atoms with Crippen LogP contribution in [0.15, 0.2) is 54.7 Å². The number of hydrogen-bond acceptors (Lipinski definition) is 3. The molecule has 0 aliphatic carbocycles. The molecule has 6 heteroatoms. The predicted octanol–water partition coefficient (Wildman–Crippen LogP) is 3.11. The van der Waals surface area contributed by atoms with Gasteiger partial charge in [0, 0.05) is 17.4 Å². The van der Waals surface area contributed by atoms with Gasteiger partial charge in [0.15, 0.2) is 5.69 Å². The fraction of sp³-hybridized carbons (Fsp3) is 0.211. The molecule has 2 aromatic heterocycles. The number of hydrogen-bond donors (Lipinski definition) is 2. The van der Waals surface area contributed by atoms with E-state index in [1.807, 2.05) is 45.0 Å². The standard InChI is InChI=1S/C19H20N4O2/c1-19(2,3)22-17(24)15-14-11-7-8-12-23(14)16(21-15)18(25)20-13-9-5-4-6-10-13/h4-12H,1-3H3,(H,20,25)(H,22,24). The van der Waals surface area contributed by atoms with Crippen LogP contribution in [0.3, 0.4) is 0 Å². The molecule has 0 unspecified atom stereocenters. The van der Waals surface area contributed by atoms with Crippen LogP contribution in [0.5, 0.6) is 0 Å². The van der Waals surface area contributed by atoms with Crippen LogP contribution in [0.4, 0.5) is 5.69 Å². The summed E-state index contributed by atoms with van der Waals surface area (Å²) in [7, 11) is 0. The minimum atomic E-state index is -0.395. The highest BCUT2D eigenvalue weighted by molar-refractivity contribution is 6.06. The van der Waals surface area contributed by atoms with Gasteiger partial charge >= 0.3 is 0 Å². The van der Waals surface area contributed by atoms with Crippen LogP contribution in [0.2, 0.25) is 0 Å². The first kappa shape index (κ1) is 16.7. The SMILES string of the molecule is CC(C)(C)NC(=O)c1nc(C(=O)Nc2ccccc2)n2ccccc12. The molecule has 0 aliphatic heterocycles. The van der Waals surface area contributed by atoms with E-state index in [-0.39, 0.29) is 23.3 Å². The molecular formula is C19H20N4O2. The number of rotatable bonds is 3. The van der Waals surface area contributed by atoms with Gasteiger partial charge in [-0.1, -0.05) is 24.3 Å². The maximum atomic E-state index is 12.6. The number of nitrogens with one attached hydrogen (secondary N) is 2. The molecule has 0 bridgehead atoms. The van der Waals surface area contributed by atoms with E-state index in [1.165, 1.54) is 0 Å². The molecule has 128 valence electrons. The van der Waals surface area contributed by atoms with Crippen molar-refractivity contribution in [2.24, 2.45) is 0 Å². The normalized spacial score (nSPS) is 11.3. The zero-order chi connectivity index (χ0) is 18.0. The molecule has 6 nitrogen and oxygen atoms in total. The van der Waals surface area contributed by atoms with Crippen LogP contribution in [-0.2, 0) is 0 Å². The van der Waals surface area contributed by atoms with Gasteiger partial charge in [-0.15, -0.1) is 0 Å². The number of carbonyl (C=O) groups is 2. The molecule has 3 aromatic rings. The lowest BCUT2D eigenvalue weighted by molar-refractivity contribution is 0.0916. The molecule has 0 aliphatic rings. The summed E-state index contributed by atoms with van der Waals surface area (Å²) < 4.78 is 1.62. The topological polar surface area (TPSA) is 75.5 Å². The Morgan fingerprint density at radius 1 is 0.960 bits per heavy atom. The first-order chi connectivity index (χ1) is 11.8. The van der Waals surface area contributed by atoms with Gasteiger partial charge in [-0.25, -0.2) is 4.98 Å². The second-order valence-electron chi connectivity index (χ2n) is 6.76. The zero-order valence-corrected chi connectivity index (χ0v) is 14.4. The van der Waals surface area contributed by atoms with Gasteiger partial charge in [-0.05, 0) is 45.0 Å². The highest BCUT2D eigenvalue weighted by Crippen LogP contribution is 2.16. The number of carbonyl (C=O) groups excluding carboxylic acids is 2. The van der Waals surface area contributed by atoms with Gasteiger partial charge in [0.25, 0.3) is 11.8 Å². The molecule has 2 heterocycles. The maximum absolute atomic E-state index is 12.6. The van der Waals surface area contributed by atoms with Gasteiger partial charge in [0.05, 0.1) is 5.52 Å². The Balaban J connectivity index is 1.99. The summed E-state index contributed by atoms with van der Waals surface area (Å²) in [5.74, 6) is -0.518. The molecule has 0 saturated heterocycles. The Morgan fingerprint density at radius 2 is 1.64 bits per heavy atom. The molecule has 0 saturated carbocycles. The van der Waals surface area contributed by atoms with Crippen LogP contribution in [0, 0.1) is 0 Å². The molecule has 0 spiro atoms. The lowest BCUT2D eigenvalue weighted by Gasteiger charge is -2.19. The second kappa shape index (κ2) is 6.39. The summed E-state index contributed by atoms with van der Waals surface area (Å²) in [6.45, 7) is 5.69. The van der Waals surface area contributed by atoms with Gasteiger partial charge in [0.1, 0.15) is 0 Å². The molecule has 2 N–H and O–H groups in total. The fourth-order valence-corrected chi connectivity index (χ4v) is 2.47. The van der Waals surface area contributed by atoms with Crippen molar-refractivity contribution >= 4 is 23.0 Å². The zero-order valence-electron chi connectivity index (χ0n) is 14.4. The van der Waals surface area contributed by atoms with Crippen LogP contribution < -0.4 is 10.6 Å². The first-order valence-corrected chi connectivity index (χ1v) is 8.01. The third kappa shape index (κ3) is 3.68. The van der Waals surface area contributed by atoms with Crippen molar-refractivity contribution in [3.8, 4) is 0 Å². The average molecular weight is 336 g/mol. The van der Waals surface area contributed by atoms with Crippen molar-refractivity contribution in [1.82, 2.24) is 14.7 Å². The van der Waals surface area contributed by atoms with E-state index in [0.29, 0.717) is 11.2 Å². The molecule has 25 heavy (non-hydrogen) atoms. The number of anilines is 1. The van der Waals surface area contributed by atoms with Gasteiger partial charge in [-0.3, -0.25) is 14.0 Å². The molecule has 0 fully saturated rings. The van der Waals surface area contributed by atoms with Gasteiger partial charge in [-0.2, -0.15) is 0 Å². The van der Waals surface area contributed by atoms with E-state index in [2.05, 4.69) is 15.6 Å². The first-order valence-electron chi connectivity index (χ1n) is 8.01. The highest BCUT2D eigenvalue weighted by atomic mass is 16.2. The molecule has 3 rings (SSSR count). The lowest BCUT2D eigenvalue weighted by atomic mass is 10.1. The van der Waals surface area contributed by atoms with E-state index in [9.17, 15) is 9.59 Å². The van der Waals surface area contributed by atoms with Crippen LogP contribution in [-0.4, -0.2) is 26.7 Å². The number of fused-ring (bicyclic) bond motifs is 1. The molecular weight excluding hydrogens is 316 g/mol. The number of benzene rings is 1. The minimum Gasteiger partial charge on any atom is -0.346 e. The Morgan fingerprint density at radius 3 is 2.32 bits per heavy atom. The van der Waals surface area contributed by atoms with Crippen molar-refractivity contribution in [2.45, 2.75) is 26.3 Å². The number of para-hydroxylation sites is 1. The molecule has 2 amide bonds. The minimum absolute atomic E-state index is 0.165. The van der Waals surface area contributed by atoms with Crippen LogP contribution in [0.1, 0.15) is 41.9 Å². The number of pyridine rings is 1. The quantitative estimate of drug-likeness (QED) is 0.771. The van der Waals surface area contributed by atoms with E-state index >= 15 is 0 Å². The number of amides is 2. The molecule has 0 radical (unpaired) electrons. The highest BCUT2D eigenvalue weighted by Gasteiger charge is 2.24. The third-order valence-electron chi connectivity index (χ3n) is 3.49. The number of nitrogens with zero attached hydrogens (tertiary/aromatic N) is 2. The largest absolute Gasteiger partial charge is 0.346 e. The van der Waals surface area contributed by atoms with E-state index in [4.69, 9.17) is 0 Å². The van der Waals surface area contributed by atoms with Crippen molar-refractivity contribution in [3.63, 3.8) is 0 Å². The summed E-state index contributed by atoms with van der Waals surface area (Å²) in [6, 6.07) is 14.5. The van der Waals surface area contributed by atoms with E-state index in [1.54, 1.807) is 34.9 Å². The van der Waals surface area contributed by atoms with Gasteiger partial charge < -0.3 is 10.6 Å². The van der Waals surface area contributed by atoms with Gasteiger partial charge in [0.2, 0.25) is 5.82 Å². The molecule has 0 atom stereocenters. The summed E-state index contributed by atoms with van der Waals surface area (Å²) in [5.41, 5.74) is 1.09. The molecule has 1 aromatic carbocycles. The summed E-state index contributed by atoms with van der Waals surface area (Å²) in [5, 5.41) is 5.68. The average Bonchev–Trinajstić information content (AvgIpc) is 2.94.